The van der Waals surface area contributed by atoms with Crippen LogP contribution in [0.3, 0.4) is 0 Å². The Morgan fingerprint density at radius 3 is 2.91 bits per heavy atom. The Morgan fingerprint density at radius 1 is 1.36 bits per heavy atom. The third-order valence-corrected chi connectivity index (χ3v) is 5.63. The minimum Gasteiger partial charge on any atom is -0.349 e. The maximum atomic E-state index is 13.4. The van der Waals surface area contributed by atoms with Gasteiger partial charge in [0.25, 0.3) is 0 Å². The molecule has 6 heteroatoms. The molecule has 3 rings (SSSR count). The van der Waals surface area contributed by atoms with Crippen LogP contribution in [-0.4, -0.2) is 17.7 Å². The third-order valence-electron chi connectivity index (χ3n) is 4.51. The molecule has 122 valence electrons. The van der Waals surface area contributed by atoms with E-state index in [9.17, 15) is 9.18 Å². The summed E-state index contributed by atoms with van der Waals surface area (Å²) < 4.78 is 13.4. The molecule has 22 heavy (non-hydrogen) atoms. The Balaban J connectivity index is 0.00000176. The average Bonchev–Trinajstić information content (AvgIpc) is 2.85. The van der Waals surface area contributed by atoms with E-state index in [4.69, 9.17) is 5.73 Å². The van der Waals surface area contributed by atoms with Crippen molar-refractivity contribution >= 4 is 30.1 Å². The zero-order valence-corrected chi connectivity index (χ0v) is 14.0. The van der Waals surface area contributed by atoms with Crippen LogP contribution in [0, 0.1) is 11.7 Å². The molecule has 0 bridgehead atoms. The minimum atomic E-state index is -0.242. The zero-order chi connectivity index (χ0) is 14.8. The van der Waals surface area contributed by atoms with Crippen LogP contribution in [0.25, 0.3) is 0 Å². The molecule has 0 spiro atoms. The van der Waals surface area contributed by atoms with E-state index in [0.29, 0.717) is 12.3 Å². The van der Waals surface area contributed by atoms with Gasteiger partial charge < -0.3 is 11.1 Å². The van der Waals surface area contributed by atoms with E-state index in [1.165, 1.54) is 6.07 Å². The topological polar surface area (TPSA) is 55.1 Å². The van der Waals surface area contributed by atoms with Crippen LogP contribution in [0.1, 0.15) is 43.7 Å². The lowest BCUT2D eigenvalue weighted by Crippen LogP contribution is -2.34. The molecule has 1 amide bonds. The van der Waals surface area contributed by atoms with E-state index in [2.05, 4.69) is 5.32 Å². The van der Waals surface area contributed by atoms with Crippen molar-refractivity contribution < 1.29 is 9.18 Å². The predicted molar refractivity (Wildman–Crippen MR) is 89.8 cm³/mol. The average molecular weight is 345 g/mol. The van der Waals surface area contributed by atoms with E-state index in [-0.39, 0.29) is 36.2 Å². The highest BCUT2D eigenvalue weighted by Crippen LogP contribution is 2.36. The molecule has 1 aromatic rings. The molecule has 1 aliphatic heterocycles. The maximum Gasteiger partial charge on any atom is 0.220 e. The molecule has 1 heterocycles. The van der Waals surface area contributed by atoms with Gasteiger partial charge in [-0.15, -0.1) is 24.2 Å². The van der Waals surface area contributed by atoms with E-state index in [1.807, 2.05) is 0 Å². The second kappa shape index (κ2) is 7.66. The van der Waals surface area contributed by atoms with Crippen LogP contribution < -0.4 is 11.1 Å². The van der Waals surface area contributed by atoms with Gasteiger partial charge in [-0.25, -0.2) is 4.39 Å². The number of nitrogens with two attached hydrogens (primary N) is 1. The summed E-state index contributed by atoms with van der Waals surface area (Å²) in [6, 6.07) is 4.92. The van der Waals surface area contributed by atoms with Gasteiger partial charge in [-0.1, -0.05) is 6.42 Å². The maximum absolute atomic E-state index is 13.4. The number of rotatable bonds is 3. The molecule has 0 aromatic heterocycles. The highest BCUT2D eigenvalue weighted by Gasteiger charge is 2.28. The number of benzene rings is 1. The van der Waals surface area contributed by atoms with Gasteiger partial charge in [0.05, 0.1) is 6.04 Å². The number of hydrogen-bond acceptors (Lipinski definition) is 3. The van der Waals surface area contributed by atoms with Crippen LogP contribution in [0.4, 0.5) is 4.39 Å². The molecule has 2 aliphatic rings. The number of carbonyl (C=O) groups excluding carboxylic acids is 1. The van der Waals surface area contributed by atoms with Crippen molar-refractivity contribution in [1.82, 2.24) is 5.32 Å². The summed E-state index contributed by atoms with van der Waals surface area (Å²) in [5.41, 5.74) is 6.94. The summed E-state index contributed by atoms with van der Waals surface area (Å²) >= 11 is 1.72. The smallest absolute Gasteiger partial charge is 0.220 e. The van der Waals surface area contributed by atoms with Crippen molar-refractivity contribution in [2.45, 2.75) is 49.1 Å². The first-order valence-electron chi connectivity index (χ1n) is 7.60. The SMILES string of the molecule is Cl.N[C@@H]1CCC[C@H]1CC(=O)NC1CCSc2ccc(F)cc21. The molecular weight excluding hydrogens is 323 g/mol. The number of thioether (sulfide) groups is 1. The molecule has 1 saturated carbocycles. The summed E-state index contributed by atoms with van der Waals surface area (Å²) in [7, 11) is 0. The monoisotopic (exact) mass is 344 g/mol. The standard InChI is InChI=1S/C16H21FN2OS.ClH/c17-11-4-5-15-12(9-11)14(6-7-21-15)19-16(20)8-10-2-1-3-13(10)18;/h4-5,9-10,13-14H,1-3,6-8,18H2,(H,19,20);1H/t10-,13+,14?;/m0./s1. The lowest BCUT2D eigenvalue weighted by molar-refractivity contribution is -0.122. The van der Waals surface area contributed by atoms with Gasteiger partial charge in [-0.3, -0.25) is 4.79 Å². The van der Waals surface area contributed by atoms with Gasteiger partial charge in [0.1, 0.15) is 5.82 Å². The number of carbonyl (C=O) groups is 1. The van der Waals surface area contributed by atoms with Crippen LogP contribution in [-0.2, 0) is 4.79 Å². The number of halogens is 2. The van der Waals surface area contributed by atoms with E-state index in [1.54, 1.807) is 23.9 Å². The molecule has 3 N–H and O–H groups in total. The Morgan fingerprint density at radius 2 is 2.18 bits per heavy atom. The van der Waals surface area contributed by atoms with E-state index in [0.717, 1.165) is 41.9 Å². The Bertz CT molecular complexity index is 543. The van der Waals surface area contributed by atoms with Crippen molar-refractivity contribution in [3.05, 3.63) is 29.6 Å². The minimum absolute atomic E-state index is 0. The first-order chi connectivity index (χ1) is 10.1. The van der Waals surface area contributed by atoms with Crippen LogP contribution in [0.15, 0.2) is 23.1 Å². The normalized spacial score (nSPS) is 26.9. The molecule has 1 aliphatic carbocycles. The van der Waals surface area contributed by atoms with Crippen LogP contribution in [0.5, 0.6) is 0 Å². The molecule has 0 radical (unpaired) electrons. The third kappa shape index (κ3) is 3.94. The van der Waals surface area contributed by atoms with Crippen molar-refractivity contribution in [2.75, 3.05) is 5.75 Å². The molecule has 3 atom stereocenters. The summed E-state index contributed by atoms with van der Waals surface area (Å²) in [4.78, 5) is 13.3. The first-order valence-corrected chi connectivity index (χ1v) is 8.59. The second-order valence-corrected chi connectivity index (χ2v) is 7.14. The van der Waals surface area contributed by atoms with Crippen LogP contribution >= 0.6 is 24.2 Å². The second-order valence-electron chi connectivity index (χ2n) is 6.00. The lowest BCUT2D eigenvalue weighted by Gasteiger charge is -2.26. The van der Waals surface area contributed by atoms with Gasteiger partial charge in [0.15, 0.2) is 0 Å². The summed E-state index contributed by atoms with van der Waals surface area (Å²) in [5.74, 6) is 1.06. The van der Waals surface area contributed by atoms with Gasteiger partial charge in [0.2, 0.25) is 5.91 Å². The fraction of sp³-hybridized carbons (Fsp3) is 0.562. The predicted octanol–water partition coefficient (Wildman–Crippen LogP) is 3.42. The quantitative estimate of drug-likeness (QED) is 0.883. The van der Waals surface area contributed by atoms with Gasteiger partial charge in [-0.05, 0) is 48.9 Å². The van der Waals surface area contributed by atoms with Gasteiger partial charge >= 0.3 is 0 Å². The number of fused-ring (bicyclic) bond motifs is 1. The highest BCUT2D eigenvalue weighted by molar-refractivity contribution is 7.99. The highest BCUT2D eigenvalue weighted by atomic mass is 35.5. The molecule has 1 unspecified atom stereocenters. The number of nitrogens with one attached hydrogen (secondary N) is 1. The largest absolute Gasteiger partial charge is 0.349 e. The fourth-order valence-electron chi connectivity index (χ4n) is 3.33. The van der Waals surface area contributed by atoms with Crippen molar-refractivity contribution in [2.24, 2.45) is 11.7 Å². The van der Waals surface area contributed by atoms with Crippen molar-refractivity contribution in [1.29, 1.82) is 0 Å². The number of hydrogen-bond donors (Lipinski definition) is 2. The Hall–Kier alpha value is -0.780. The Labute approximate surface area is 141 Å². The number of amides is 1. The van der Waals surface area contributed by atoms with Crippen molar-refractivity contribution in [3.63, 3.8) is 0 Å². The summed E-state index contributed by atoms with van der Waals surface area (Å²) in [5, 5.41) is 3.08. The zero-order valence-electron chi connectivity index (χ0n) is 12.4. The lowest BCUT2D eigenvalue weighted by atomic mass is 9.98. The molecule has 1 fully saturated rings. The van der Waals surface area contributed by atoms with Crippen LogP contribution in [0.2, 0.25) is 0 Å². The first kappa shape index (κ1) is 17.6. The molecular formula is C16H22ClFN2OS. The van der Waals surface area contributed by atoms with Gasteiger partial charge in [-0.2, -0.15) is 0 Å². The van der Waals surface area contributed by atoms with Gasteiger partial charge in [0, 0.05) is 23.1 Å². The van der Waals surface area contributed by atoms with E-state index < -0.39 is 0 Å². The Kier molecular flexibility index (Phi) is 6.12. The molecule has 3 nitrogen and oxygen atoms in total. The molecule has 0 saturated heterocycles. The summed E-state index contributed by atoms with van der Waals surface area (Å²) in [6.45, 7) is 0. The fourth-order valence-corrected chi connectivity index (χ4v) is 4.43. The summed E-state index contributed by atoms with van der Waals surface area (Å²) in [6.07, 6.45) is 4.53. The van der Waals surface area contributed by atoms with E-state index >= 15 is 0 Å². The van der Waals surface area contributed by atoms with Crippen molar-refractivity contribution in [3.8, 4) is 0 Å². The molecule has 1 aromatic carbocycles.